The number of amides is 2. The van der Waals surface area contributed by atoms with E-state index in [1.54, 1.807) is 25.3 Å². The lowest BCUT2D eigenvalue weighted by Crippen LogP contribution is -2.25. The summed E-state index contributed by atoms with van der Waals surface area (Å²) in [4.78, 5) is 30.2. The van der Waals surface area contributed by atoms with E-state index in [2.05, 4.69) is 72.7 Å². The van der Waals surface area contributed by atoms with Crippen molar-refractivity contribution in [2.24, 2.45) is 10.1 Å². The molecule has 3 aromatic carbocycles. The first kappa shape index (κ1) is 26.5. The number of rotatable bonds is 7. The second-order valence-electron chi connectivity index (χ2n) is 9.55. The van der Waals surface area contributed by atoms with E-state index in [0.717, 1.165) is 16.8 Å². The Kier molecular flexibility index (Phi) is 7.70. The van der Waals surface area contributed by atoms with Gasteiger partial charge in [0.2, 0.25) is 5.91 Å². The number of hydrogen-bond donors (Lipinski definition) is 1. The van der Waals surface area contributed by atoms with Gasteiger partial charge in [-0.15, -0.1) is 0 Å². The zero-order valence-corrected chi connectivity index (χ0v) is 23.1. The molecular formula is C30H30N4O4S. The van der Waals surface area contributed by atoms with E-state index in [-0.39, 0.29) is 24.3 Å². The number of anilines is 1. The highest BCUT2D eigenvalue weighted by Gasteiger charge is 2.39. The molecule has 2 aliphatic rings. The van der Waals surface area contributed by atoms with Crippen LogP contribution in [0.25, 0.3) is 0 Å². The lowest BCUT2D eigenvalue weighted by molar-refractivity contribution is -0.121. The molecule has 1 N–H and O–H groups in total. The van der Waals surface area contributed by atoms with E-state index in [0.29, 0.717) is 28.8 Å². The fraction of sp³-hybridized carbons (Fsp3) is 0.267. The van der Waals surface area contributed by atoms with Crippen molar-refractivity contribution in [2.45, 2.75) is 38.0 Å². The summed E-state index contributed by atoms with van der Waals surface area (Å²) in [5.74, 6) is 0.428. The summed E-state index contributed by atoms with van der Waals surface area (Å²) >= 11 is 1.28. The molecule has 5 rings (SSSR count). The van der Waals surface area contributed by atoms with Crippen LogP contribution in [0.15, 0.2) is 76.8 Å². The summed E-state index contributed by atoms with van der Waals surface area (Å²) in [7, 11) is 3.08. The number of carbonyl (C=O) groups excluding carboxylic acids is 2. The molecule has 39 heavy (non-hydrogen) atoms. The van der Waals surface area contributed by atoms with Crippen LogP contribution in [0.4, 0.5) is 5.69 Å². The van der Waals surface area contributed by atoms with E-state index >= 15 is 0 Å². The molecule has 200 valence electrons. The Bertz CT molecular complexity index is 1450. The molecule has 0 spiro atoms. The third-order valence-electron chi connectivity index (χ3n) is 6.73. The third kappa shape index (κ3) is 5.83. The molecule has 0 fully saturated rings. The first-order valence-corrected chi connectivity index (χ1v) is 13.5. The SMILES string of the molecule is COc1ccc(OC)c(NC(=O)C[C@H]2SC(N3N=C(c4ccc(C)cc4)C[C@@H]3c3ccc(C)cc3)=NC2=O)c1. The van der Waals surface area contributed by atoms with Gasteiger partial charge in [-0.1, -0.05) is 71.4 Å². The Morgan fingerprint density at radius 3 is 2.36 bits per heavy atom. The van der Waals surface area contributed by atoms with Crippen molar-refractivity contribution in [1.82, 2.24) is 5.01 Å². The van der Waals surface area contributed by atoms with Crippen LogP contribution in [-0.2, 0) is 9.59 Å². The topological polar surface area (TPSA) is 92.6 Å². The molecule has 0 aliphatic carbocycles. The van der Waals surface area contributed by atoms with Gasteiger partial charge in [-0.25, -0.2) is 5.01 Å². The largest absolute Gasteiger partial charge is 0.497 e. The van der Waals surface area contributed by atoms with Gasteiger partial charge >= 0.3 is 0 Å². The number of aliphatic imine (C=N–C) groups is 1. The van der Waals surface area contributed by atoms with Crippen LogP contribution < -0.4 is 14.8 Å². The molecule has 0 saturated carbocycles. The lowest BCUT2D eigenvalue weighted by atomic mass is 9.97. The van der Waals surface area contributed by atoms with E-state index in [9.17, 15) is 9.59 Å². The van der Waals surface area contributed by atoms with Crippen molar-refractivity contribution in [3.63, 3.8) is 0 Å². The van der Waals surface area contributed by atoms with Gasteiger partial charge in [0.25, 0.3) is 5.91 Å². The summed E-state index contributed by atoms with van der Waals surface area (Å²) in [6.45, 7) is 4.11. The lowest BCUT2D eigenvalue weighted by Gasteiger charge is -2.23. The monoisotopic (exact) mass is 542 g/mol. The Morgan fingerprint density at radius 1 is 1.00 bits per heavy atom. The molecule has 0 radical (unpaired) electrons. The Balaban J connectivity index is 1.34. The maximum absolute atomic E-state index is 12.9. The molecule has 8 nitrogen and oxygen atoms in total. The number of benzene rings is 3. The highest BCUT2D eigenvalue weighted by molar-refractivity contribution is 8.15. The number of nitrogens with zero attached hydrogens (tertiary/aromatic N) is 3. The Morgan fingerprint density at radius 2 is 1.69 bits per heavy atom. The molecule has 3 aromatic rings. The molecule has 2 amide bonds. The molecule has 0 unspecified atom stereocenters. The summed E-state index contributed by atoms with van der Waals surface area (Å²) < 4.78 is 10.6. The molecule has 2 atom stereocenters. The van der Waals surface area contributed by atoms with E-state index in [1.165, 1.54) is 30.0 Å². The number of amidine groups is 1. The number of hydrazone groups is 1. The van der Waals surface area contributed by atoms with Crippen LogP contribution in [0, 0.1) is 13.8 Å². The molecule has 2 heterocycles. The first-order chi connectivity index (χ1) is 18.8. The number of hydrogen-bond acceptors (Lipinski definition) is 7. The average molecular weight is 543 g/mol. The molecule has 0 aromatic heterocycles. The van der Waals surface area contributed by atoms with Gasteiger partial charge in [-0.2, -0.15) is 10.1 Å². The summed E-state index contributed by atoms with van der Waals surface area (Å²) in [6, 6.07) is 21.6. The van der Waals surface area contributed by atoms with Gasteiger partial charge in [0.1, 0.15) is 16.7 Å². The first-order valence-electron chi connectivity index (χ1n) is 12.7. The van der Waals surface area contributed by atoms with Gasteiger partial charge in [0.05, 0.1) is 31.7 Å². The molecule has 9 heteroatoms. The molecule has 0 bridgehead atoms. The molecular weight excluding hydrogens is 512 g/mol. The quantitative estimate of drug-likeness (QED) is 0.424. The zero-order valence-electron chi connectivity index (χ0n) is 22.3. The predicted molar refractivity (Wildman–Crippen MR) is 155 cm³/mol. The minimum atomic E-state index is -0.645. The van der Waals surface area contributed by atoms with E-state index < -0.39 is 5.25 Å². The minimum Gasteiger partial charge on any atom is -0.497 e. The Labute approximate surface area is 232 Å². The second kappa shape index (κ2) is 11.3. The number of carbonyl (C=O) groups is 2. The summed E-state index contributed by atoms with van der Waals surface area (Å²) in [5.41, 5.74) is 5.89. The van der Waals surface area contributed by atoms with Crippen molar-refractivity contribution >= 4 is 40.1 Å². The fourth-order valence-electron chi connectivity index (χ4n) is 4.54. The maximum atomic E-state index is 12.9. The highest BCUT2D eigenvalue weighted by Crippen LogP contribution is 2.39. The number of nitrogens with one attached hydrogen (secondary N) is 1. The number of ether oxygens (including phenoxy) is 2. The standard InChI is InChI=1S/C30H30N4O4S/c1-18-5-9-20(10-6-18)23-16-25(21-11-7-19(2)8-12-21)34(33-23)30-32-29(36)27(39-30)17-28(35)31-24-15-22(37-3)13-14-26(24)38-4/h5-15,25,27H,16-17H2,1-4H3,(H,31,35)/t25-,27-/m1/s1. The van der Waals surface area contributed by atoms with Crippen molar-refractivity contribution in [3.8, 4) is 11.5 Å². The molecule has 0 saturated heterocycles. The van der Waals surface area contributed by atoms with Gasteiger partial charge in [0, 0.05) is 18.9 Å². The summed E-state index contributed by atoms with van der Waals surface area (Å²) in [5, 5.41) is 9.46. The number of methoxy groups -OCH3 is 2. The predicted octanol–water partition coefficient (Wildman–Crippen LogP) is 5.50. The van der Waals surface area contributed by atoms with Crippen molar-refractivity contribution in [2.75, 3.05) is 19.5 Å². The van der Waals surface area contributed by atoms with Gasteiger partial charge in [0.15, 0.2) is 5.17 Å². The third-order valence-corrected chi connectivity index (χ3v) is 7.88. The van der Waals surface area contributed by atoms with Crippen molar-refractivity contribution < 1.29 is 19.1 Å². The Hall–Kier alpha value is -4.11. The van der Waals surface area contributed by atoms with Crippen molar-refractivity contribution in [3.05, 3.63) is 89.0 Å². The van der Waals surface area contributed by atoms with Gasteiger partial charge in [-0.3, -0.25) is 9.59 Å². The maximum Gasteiger partial charge on any atom is 0.262 e. The van der Waals surface area contributed by atoms with Crippen LogP contribution in [0.5, 0.6) is 11.5 Å². The molecule has 2 aliphatic heterocycles. The van der Waals surface area contributed by atoms with E-state index in [4.69, 9.17) is 14.6 Å². The van der Waals surface area contributed by atoms with Crippen molar-refractivity contribution in [1.29, 1.82) is 0 Å². The van der Waals surface area contributed by atoms with E-state index in [1.807, 2.05) is 5.01 Å². The summed E-state index contributed by atoms with van der Waals surface area (Å²) in [6.07, 6.45) is 0.648. The number of aryl methyl sites for hydroxylation is 2. The fourth-order valence-corrected chi connectivity index (χ4v) is 5.60. The van der Waals surface area contributed by atoms with Crippen LogP contribution >= 0.6 is 11.8 Å². The van der Waals surface area contributed by atoms with Gasteiger partial charge in [-0.05, 0) is 37.1 Å². The van der Waals surface area contributed by atoms with Gasteiger partial charge < -0.3 is 14.8 Å². The van der Waals surface area contributed by atoms with Crippen LogP contribution in [0.1, 0.15) is 41.1 Å². The highest BCUT2D eigenvalue weighted by atomic mass is 32.2. The van der Waals surface area contributed by atoms with Crippen LogP contribution in [-0.4, -0.2) is 47.2 Å². The average Bonchev–Trinajstić information content (AvgIpc) is 3.53. The minimum absolute atomic E-state index is 0.0333. The zero-order chi connectivity index (χ0) is 27.5. The number of thioether (sulfide) groups is 1. The second-order valence-corrected chi connectivity index (χ2v) is 10.7. The normalized spacial score (nSPS) is 18.6. The van der Waals surface area contributed by atoms with Crippen LogP contribution in [0.3, 0.4) is 0 Å². The smallest absolute Gasteiger partial charge is 0.262 e. The van der Waals surface area contributed by atoms with Crippen LogP contribution in [0.2, 0.25) is 0 Å².